The summed E-state index contributed by atoms with van der Waals surface area (Å²) in [5, 5.41) is 19.9. The molecular formula is C22H30F10O8Zr. The molecule has 19 heteroatoms. The number of carboxylic acid groups (broad SMARTS) is 2. The Hall–Kier alpha value is -1.62. The molecule has 0 radical (unpaired) electrons. The molecule has 0 saturated carbocycles. The standard InChI is InChI=1S/2C8H9F5O3.2C3H7O.Zr/c2*1-2-4(5(14)3-6(15)16)7(9,10)8(11,12)13;2*1-3(2)4;/h2*4H,2-3H2,1H3,(H,15,16);2*3H,1-2H3;/q;;2*-1;+4/p-2. The molecule has 0 aliphatic heterocycles. The Balaban J connectivity index is -0.000000551. The van der Waals surface area contributed by atoms with Gasteiger partial charge in [-0.3, -0.25) is 9.59 Å². The normalized spacial score (nSPS) is 13.7. The van der Waals surface area contributed by atoms with Crippen LogP contribution in [0.15, 0.2) is 0 Å². The van der Waals surface area contributed by atoms with Crippen LogP contribution in [0.1, 0.15) is 67.2 Å². The van der Waals surface area contributed by atoms with Gasteiger partial charge in [-0.15, -0.1) is 0 Å². The van der Waals surface area contributed by atoms with Gasteiger partial charge in [-0.05, 0) is 12.8 Å². The van der Waals surface area contributed by atoms with Gasteiger partial charge in [0.15, 0.2) is 0 Å². The van der Waals surface area contributed by atoms with Gasteiger partial charge < -0.3 is 19.8 Å². The van der Waals surface area contributed by atoms with Crippen LogP contribution in [0, 0.1) is 11.8 Å². The smallest absolute Gasteiger partial charge is 0.454 e. The van der Waals surface area contributed by atoms with Gasteiger partial charge >= 0.3 is 93.8 Å². The Labute approximate surface area is 241 Å². The van der Waals surface area contributed by atoms with Gasteiger partial charge in [-0.1, -0.05) is 13.8 Å². The van der Waals surface area contributed by atoms with Crippen molar-refractivity contribution in [3.8, 4) is 0 Å². The van der Waals surface area contributed by atoms with Crippen LogP contribution < -0.4 is 10.2 Å². The van der Waals surface area contributed by atoms with E-state index in [0.717, 1.165) is 13.8 Å². The molecular weight excluding hydrogens is 673 g/mol. The summed E-state index contributed by atoms with van der Waals surface area (Å²) in [7, 11) is 0. The average molecular weight is 704 g/mol. The van der Waals surface area contributed by atoms with Crippen molar-refractivity contribution >= 4 is 23.5 Å². The van der Waals surface area contributed by atoms with Gasteiger partial charge in [-0.2, -0.15) is 43.9 Å². The molecule has 0 aliphatic rings. The molecule has 2 atom stereocenters. The fourth-order valence-electron chi connectivity index (χ4n) is 2.52. The molecule has 8 nitrogen and oxygen atoms in total. The second kappa shape index (κ2) is 18.8. The van der Waals surface area contributed by atoms with Crippen molar-refractivity contribution in [1.29, 1.82) is 0 Å². The minimum atomic E-state index is -5.88. The SMILES string of the molecule is CC(C)[O][Zr+2][O]C(C)C.CCC(C(=O)CC(=O)[O-])C(F)(F)C(F)(F)F.CCC(C(=O)CC(=O)[O-])C(F)(F)C(F)(F)F. The summed E-state index contributed by atoms with van der Waals surface area (Å²) in [4.78, 5) is 41.7. The number of alkyl halides is 10. The van der Waals surface area contributed by atoms with E-state index in [4.69, 9.17) is 5.63 Å². The molecule has 0 aromatic rings. The van der Waals surface area contributed by atoms with Crippen molar-refractivity contribution in [2.45, 2.75) is 104 Å². The summed E-state index contributed by atoms with van der Waals surface area (Å²) in [6.07, 6.45) is -15.6. The first-order valence-corrected chi connectivity index (χ1v) is 13.6. The molecule has 0 amide bonds. The average Bonchev–Trinajstić information content (AvgIpc) is 2.72. The van der Waals surface area contributed by atoms with Crippen LogP contribution >= 0.6 is 0 Å². The molecule has 0 N–H and O–H groups in total. The number of rotatable bonds is 14. The number of Topliss-reactive ketones (excluding diaryl/α,β-unsaturated/α-hetero) is 2. The number of halogens is 10. The molecule has 0 fully saturated rings. The summed E-state index contributed by atoms with van der Waals surface area (Å²) in [6.45, 7) is 10.0. The number of carbonyl (C=O) groups is 4. The molecule has 41 heavy (non-hydrogen) atoms. The van der Waals surface area contributed by atoms with Gasteiger partial charge in [0.2, 0.25) is 0 Å². The molecule has 2 unspecified atom stereocenters. The zero-order chi connectivity index (χ0) is 33.6. The summed E-state index contributed by atoms with van der Waals surface area (Å²) >= 11 is -0.929. The minimum absolute atomic E-state index is 0.343. The van der Waals surface area contributed by atoms with E-state index in [-0.39, 0.29) is 0 Å². The Morgan fingerprint density at radius 1 is 0.610 bits per heavy atom. The van der Waals surface area contributed by atoms with E-state index in [2.05, 4.69) is 0 Å². The fourth-order valence-corrected chi connectivity index (χ4v) is 3.60. The Morgan fingerprint density at radius 2 is 0.854 bits per heavy atom. The van der Waals surface area contributed by atoms with E-state index in [0.29, 0.717) is 12.2 Å². The van der Waals surface area contributed by atoms with Crippen LogP contribution in [-0.2, 0) is 48.9 Å². The minimum Gasteiger partial charge on any atom is -0.550 e. The number of hydrogen-bond acceptors (Lipinski definition) is 8. The maximum absolute atomic E-state index is 12.7. The molecule has 0 saturated heterocycles. The summed E-state index contributed by atoms with van der Waals surface area (Å²) < 4.78 is 133. The molecule has 0 aliphatic carbocycles. The Morgan fingerprint density at radius 3 is 1.00 bits per heavy atom. The monoisotopic (exact) mass is 702 g/mol. The predicted molar refractivity (Wildman–Crippen MR) is 111 cm³/mol. The number of carbonyl (C=O) groups excluding carboxylic acids is 4. The molecule has 0 aromatic heterocycles. The zero-order valence-electron chi connectivity index (χ0n) is 22.7. The Bertz CT molecular complexity index is 764. The first-order chi connectivity index (χ1) is 18.2. The number of ketones is 2. The number of aliphatic carboxylic acids is 2. The fraction of sp³-hybridized carbons (Fsp3) is 0.818. The number of carboxylic acids is 2. The first-order valence-electron chi connectivity index (χ1n) is 11.6. The largest absolute Gasteiger partial charge is 0.550 e. The second-order valence-electron chi connectivity index (χ2n) is 8.61. The zero-order valence-corrected chi connectivity index (χ0v) is 25.1. The van der Waals surface area contributed by atoms with E-state index in [9.17, 15) is 73.3 Å². The van der Waals surface area contributed by atoms with Crippen molar-refractivity contribution in [2.75, 3.05) is 0 Å². The molecule has 240 valence electrons. The topological polar surface area (TPSA) is 133 Å². The molecule has 0 rings (SSSR count). The van der Waals surface area contributed by atoms with E-state index in [1.807, 2.05) is 27.7 Å². The number of hydrogen-bond donors (Lipinski definition) is 0. The van der Waals surface area contributed by atoms with Crippen molar-refractivity contribution in [3.05, 3.63) is 0 Å². The van der Waals surface area contributed by atoms with E-state index in [1.54, 1.807) is 0 Å². The first kappa shape index (κ1) is 43.8. The van der Waals surface area contributed by atoms with Gasteiger partial charge in [0.05, 0.1) is 11.8 Å². The molecule has 0 heterocycles. The van der Waals surface area contributed by atoms with Gasteiger partial charge in [0.1, 0.15) is 11.6 Å². The maximum atomic E-state index is 12.7. The van der Waals surface area contributed by atoms with Crippen molar-refractivity contribution in [2.24, 2.45) is 11.8 Å². The van der Waals surface area contributed by atoms with Crippen molar-refractivity contribution in [1.82, 2.24) is 0 Å². The van der Waals surface area contributed by atoms with Crippen molar-refractivity contribution in [3.63, 3.8) is 0 Å². The van der Waals surface area contributed by atoms with Crippen LogP contribution in [0.5, 0.6) is 0 Å². The van der Waals surface area contributed by atoms with Gasteiger partial charge in [-0.25, -0.2) is 0 Å². The van der Waals surface area contributed by atoms with Gasteiger partial charge in [0.25, 0.3) is 0 Å². The third-order valence-corrected chi connectivity index (χ3v) is 7.22. The molecule has 0 spiro atoms. The predicted octanol–water partition coefficient (Wildman–Crippen LogP) is 3.59. The third kappa shape index (κ3) is 17.2. The van der Waals surface area contributed by atoms with Crippen molar-refractivity contribution < 1.29 is 103 Å². The van der Waals surface area contributed by atoms with E-state index >= 15 is 0 Å². The van der Waals surface area contributed by atoms with Crippen LogP contribution in [0.25, 0.3) is 0 Å². The van der Waals surface area contributed by atoms with Crippen LogP contribution in [0.4, 0.5) is 43.9 Å². The summed E-state index contributed by atoms with van der Waals surface area (Å²) in [6, 6.07) is 0. The van der Waals surface area contributed by atoms with Crippen LogP contribution in [0.3, 0.4) is 0 Å². The summed E-state index contributed by atoms with van der Waals surface area (Å²) in [5.74, 6) is -23.2. The maximum Gasteiger partial charge on any atom is 0.454 e. The van der Waals surface area contributed by atoms with Crippen LogP contribution in [0.2, 0.25) is 0 Å². The third-order valence-electron chi connectivity index (χ3n) is 4.43. The van der Waals surface area contributed by atoms with E-state index in [1.165, 1.54) is 0 Å². The summed E-state index contributed by atoms with van der Waals surface area (Å²) in [5.41, 5.74) is 0. The van der Waals surface area contributed by atoms with Gasteiger partial charge in [0, 0.05) is 24.8 Å². The van der Waals surface area contributed by atoms with Crippen LogP contribution in [-0.4, -0.2) is 59.9 Å². The molecule has 0 bridgehead atoms. The quantitative estimate of drug-likeness (QED) is 0.198. The van der Waals surface area contributed by atoms with E-state index < -0.39 is 109 Å². The Kier molecular flexibility index (Phi) is 20.1. The second-order valence-corrected chi connectivity index (χ2v) is 10.2. The molecule has 0 aromatic carbocycles.